The van der Waals surface area contributed by atoms with Crippen LogP contribution in [0.3, 0.4) is 0 Å². The molecule has 188 valence electrons. The van der Waals surface area contributed by atoms with Gasteiger partial charge in [0.2, 0.25) is 0 Å². The second kappa shape index (κ2) is 9.19. The maximum atomic E-state index is 14.0. The van der Waals surface area contributed by atoms with Gasteiger partial charge in [-0.2, -0.15) is 0 Å². The van der Waals surface area contributed by atoms with Crippen molar-refractivity contribution in [2.45, 2.75) is 133 Å². The summed E-state index contributed by atoms with van der Waals surface area (Å²) >= 11 is 0. The summed E-state index contributed by atoms with van der Waals surface area (Å²) in [5, 5.41) is 8.42. The molecule has 2 N–H and O–H groups in total. The fourth-order valence-electron chi connectivity index (χ4n) is 12.1. The van der Waals surface area contributed by atoms with E-state index < -0.39 is 0 Å². The largest absolute Gasteiger partial charge is 0.321 e. The highest BCUT2D eigenvalue weighted by Crippen LogP contribution is 2.69. The molecule has 0 amide bonds. The van der Waals surface area contributed by atoms with Crippen LogP contribution in [0.25, 0.3) is 0 Å². The van der Waals surface area contributed by atoms with Crippen LogP contribution in [-0.2, 0) is 4.79 Å². The number of hydrogen-bond donors (Lipinski definition) is 2. The number of piperidine rings is 2. The molecule has 34 heavy (non-hydrogen) atoms. The average Bonchev–Trinajstić information content (AvgIpc) is 2.91. The molecule has 4 heteroatoms. The molecule has 9 unspecified atom stereocenters. The zero-order chi connectivity index (χ0) is 22.7. The summed E-state index contributed by atoms with van der Waals surface area (Å²) in [6.45, 7) is 3.32. The minimum Gasteiger partial charge on any atom is -0.321 e. The van der Waals surface area contributed by atoms with E-state index in [9.17, 15) is 4.79 Å². The van der Waals surface area contributed by atoms with Gasteiger partial charge in [0.1, 0.15) is 5.78 Å². The van der Waals surface area contributed by atoms with Crippen LogP contribution in [0, 0.1) is 35.0 Å². The number of carbonyl (C=O) groups excluding carboxylic acids is 1. The number of Topliss-reactive ketones (excluding diaryl/α,β-unsaturated/α-hetero) is 1. The van der Waals surface area contributed by atoms with E-state index in [2.05, 4.69) is 10.6 Å². The predicted octanol–water partition coefficient (Wildman–Crippen LogP) is 6.04. The van der Waals surface area contributed by atoms with Crippen LogP contribution in [-0.4, -0.2) is 37.6 Å². The molecule has 0 aromatic heterocycles. The Hall–Kier alpha value is -0.345. The molecule has 3 heterocycles. The lowest BCUT2D eigenvalue weighted by Crippen LogP contribution is -2.77. The van der Waals surface area contributed by atoms with Gasteiger partial charge in [0.15, 0.2) is 6.71 Å². The molecule has 0 aromatic carbocycles. The van der Waals surface area contributed by atoms with E-state index in [1.165, 1.54) is 116 Å². The normalized spacial score (nSPS) is 49.6. The van der Waals surface area contributed by atoms with Crippen LogP contribution >= 0.6 is 0 Å². The minimum absolute atomic E-state index is 0.324. The fraction of sp³-hybridized carbons (Fsp3) is 0.967. The topological polar surface area (TPSA) is 41.1 Å². The van der Waals surface area contributed by atoms with Crippen molar-refractivity contribution in [1.82, 2.24) is 10.6 Å². The Kier molecular flexibility index (Phi) is 6.17. The van der Waals surface area contributed by atoms with Gasteiger partial charge < -0.3 is 10.6 Å². The molecule has 7 fully saturated rings. The van der Waals surface area contributed by atoms with Gasteiger partial charge in [0, 0.05) is 17.9 Å². The van der Waals surface area contributed by atoms with Gasteiger partial charge in [0.05, 0.1) is 0 Å². The fourth-order valence-corrected chi connectivity index (χ4v) is 12.1. The SMILES string of the molecule is O=C1C2CCCCC2C2(C3CCCCC3B(C3CCCCC3)C3NCCCC32)C2NCCCC12. The van der Waals surface area contributed by atoms with Gasteiger partial charge >= 0.3 is 0 Å². The van der Waals surface area contributed by atoms with Crippen molar-refractivity contribution in [2.75, 3.05) is 13.1 Å². The Balaban J connectivity index is 1.38. The van der Waals surface area contributed by atoms with E-state index in [1.54, 1.807) is 0 Å². The Morgan fingerprint density at radius 2 is 1.26 bits per heavy atom. The van der Waals surface area contributed by atoms with Gasteiger partial charge in [-0.3, -0.25) is 4.79 Å². The van der Waals surface area contributed by atoms with Crippen molar-refractivity contribution in [1.29, 1.82) is 0 Å². The Bertz CT molecular complexity index is 713. The number of rotatable bonds is 1. The average molecular weight is 465 g/mol. The van der Waals surface area contributed by atoms with E-state index in [0.29, 0.717) is 35.0 Å². The zero-order valence-electron chi connectivity index (χ0n) is 21.6. The molecule has 4 saturated carbocycles. The quantitative estimate of drug-likeness (QED) is 0.465. The molecule has 0 bridgehead atoms. The van der Waals surface area contributed by atoms with Gasteiger partial charge in [-0.15, -0.1) is 0 Å². The highest BCUT2D eigenvalue weighted by atomic mass is 16.1. The van der Waals surface area contributed by atoms with Gasteiger partial charge in [-0.25, -0.2) is 0 Å². The summed E-state index contributed by atoms with van der Waals surface area (Å²) in [7, 11) is 0. The van der Waals surface area contributed by atoms with Gasteiger partial charge in [-0.1, -0.05) is 82.3 Å². The standard InChI is InChI=1S/C30H49BN2O/c34-27-21-12-4-5-14-23(21)30(28-22(27)13-8-18-32-28)24-15-6-7-17-26(24)31(20-10-2-1-3-11-20)29-25(30)16-9-19-33-29/h20-26,28-29,32-33H,1-19H2. The van der Waals surface area contributed by atoms with E-state index in [-0.39, 0.29) is 0 Å². The molecule has 3 nitrogen and oxygen atoms in total. The van der Waals surface area contributed by atoms with Crippen LogP contribution in [0.2, 0.25) is 11.6 Å². The van der Waals surface area contributed by atoms with E-state index in [4.69, 9.17) is 0 Å². The smallest absolute Gasteiger partial charge is 0.167 e. The van der Waals surface area contributed by atoms with Crippen LogP contribution in [0.4, 0.5) is 0 Å². The van der Waals surface area contributed by atoms with E-state index in [1.807, 2.05) is 0 Å². The van der Waals surface area contributed by atoms with Crippen molar-refractivity contribution in [3.8, 4) is 0 Å². The predicted molar refractivity (Wildman–Crippen MR) is 140 cm³/mol. The summed E-state index contributed by atoms with van der Waals surface area (Å²) in [6.07, 6.45) is 23.7. The highest BCUT2D eigenvalue weighted by molar-refractivity contribution is 6.64. The first-order valence-electron chi connectivity index (χ1n) is 15.8. The van der Waals surface area contributed by atoms with Crippen LogP contribution in [0.1, 0.15) is 109 Å². The summed E-state index contributed by atoms with van der Waals surface area (Å²) in [4.78, 5) is 14.0. The molecule has 4 aliphatic carbocycles. The second-order valence-corrected chi connectivity index (χ2v) is 13.8. The van der Waals surface area contributed by atoms with Gasteiger partial charge in [-0.05, 0) is 80.7 Å². The maximum Gasteiger partial charge on any atom is 0.167 e. The Morgan fingerprint density at radius 3 is 2.15 bits per heavy atom. The lowest BCUT2D eigenvalue weighted by molar-refractivity contribution is -0.173. The molecular weight excluding hydrogens is 415 g/mol. The molecule has 3 saturated heterocycles. The minimum atomic E-state index is 0.324. The molecular formula is C30H49BN2O. The third-order valence-electron chi connectivity index (χ3n) is 12.8. The van der Waals surface area contributed by atoms with Gasteiger partial charge in [0.25, 0.3) is 0 Å². The molecule has 0 radical (unpaired) electrons. The lowest BCUT2D eigenvalue weighted by atomic mass is 9.17. The van der Waals surface area contributed by atoms with E-state index in [0.717, 1.165) is 42.7 Å². The van der Waals surface area contributed by atoms with Crippen molar-refractivity contribution >= 4 is 12.5 Å². The van der Waals surface area contributed by atoms with Crippen LogP contribution in [0.15, 0.2) is 0 Å². The molecule has 7 aliphatic rings. The Labute approximate surface area is 208 Å². The van der Waals surface area contributed by atoms with Crippen molar-refractivity contribution in [3.05, 3.63) is 0 Å². The molecule has 9 atom stereocenters. The number of hydrogen-bond acceptors (Lipinski definition) is 3. The lowest BCUT2D eigenvalue weighted by Gasteiger charge is -2.71. The molecule has 1 spiro atoms. The van der Waals surface area contributed by atoms with Crippen LogP contribution < -0.4 is 10.6 Å². The molecule has 3 aliphatic heterocycles. The number of nitrogens with one attached hydrogen (secondary N) is 2. The highest BCUT2D eigenvalue weighted by Gasteiger charge is 2.70. The number of carbonyl (C=O) groups is 1. The third-order valence-corrected chi connectivity index (χ3v) is 12.8. The maximum absolute atomic E-state index is 14.0. The summed E-state index contributed by atoms with van der Waals surface area (Å²) in [5.74, 6) is 6.41. The number of ketones is 1. The molecule has 0 aromatic rings. The van der Waals surface area contributed by atoms with Crippen molar-refractivity contribution < 1.29 is 4.79 Å². The third kappa shape index (κ3) is 3.25. The number of fused-ring (bicyclic) bond motifs is 8. The summed E-state index contributed by atoms with van der Waals surface area (Å²) in [5.41, 5.74) is 0.387. The summed E-state index contributed by atoms with van der Waals surface area (Å²) in [6, 6.07) is 0.485. The van der Waals surface area contributed by atoms with E-state index >= 15 is 0 Å². The zero-order valence-corrected chi connectivity index (χ0v) is 21.6. The second-order valence-electron chi connectivity index (χ2n) is 13.8. The first-order valence-corrected chi connectivity index (χ1v) is 15.8. The summed E-state index contributed by atoms with van der Waals surface area (Å²) < 4.78 is 0. The first kappa shape index (κ1) is 22.8. The van der Waals surface area contributed by atoms with Crippen molar-refractivity contribution in [3.63, 3.8) is 0 Å². The molecule has 7 rings (SSSR count). The monoisotopic (exact) mass is 464 g/mol. The Morgan fingerprint density at radius 1 is 0.618 bits per heavy atom. The first-order chi connectivity index (χ1) is 16.8. The van der Waals surface area contributed by atoms with Crippen molar-refractivity contribution in [2.24, 2.45) is 35.0 Å². The van der Waals surface area contributed by atoms with Crippen LogP contribution in [0.5, 0.6) is 0 Å².